The molecule has 1 aromatic heterocycles. The molecule has 0 radical (unpaired) electrons. The third kappa shape index (κ3) is 3.12. The smallest absolute Gasteiger partial charge is 0.276 e. The Kier molecular flexibility index (Phi) is 4.52. The maximum absolute atomic E-state index is 12.4. The Labute approximate surface area is 114 Å². The van der Waals surface area contributed by atoms with Gasteiger partial charge in [-0.05, 0) is 12.8 Å². The fraction of sp³-hybridized carbons (Fsp3) is 0.769. The molecule has 2 rings (SSSR count). The lowest BCUT2D eigenvalue weighted by Crippen LogP contribution is -2.43. The number of carbonyl (C=O) groups is 1. The highest BCUT2D eigenvalue weighted by Crippen LogP contribution is 2.12. The molecule has 1 atom stereocenters. The lowest BCUT2D eigenvalue weighted by atomic mass is 10.1. The molecule has 0 spiro atoms. The number of amides is 1. The van der Waals surface area contributed by atoms with Crippen molar-refractivity contribution in [2.75, 3.05) is 26.2 Å². The van der Waals surface area contributed by atoms with Crippen molar-refractivity contribution in [2.24, 2.45) is 5.92 Å². The summed E-state index contributed by atoms with van der Waals surface area (Å²) in [4.78, 5) is 14.2. The van der Waals surface area contributed by atoms with E-state index in [1.54, 1.807) is 10.9 Å². The lowest BCUT2D eigenvalue weighted by molar-refractivity contribution is 0.0734. The van der Waals surface area contributed by atoms with Crippen LogP contribution < -0.4 is 5.32 Å². The first-order valence-corrected chi connectivity index (χ1v) is 7.07. The predicted octanol–water partition coefficient (Wildman–Crippen LogP) is 0.931. The molecule has 19 heavy (non-hydrogen) atoms. The molecule has 106 valence electrons. The first kappa shape index (κ1) is 14.0. The second kappa shape index (κ2) is 6.14. The van der Waals surface area contributed by atoms with E-state index >= 15 is 0 Å². The average molecular weight is 265 g/mol. The summed E-state index contributed by atoms with van der Waals surface area (Å²) in [7, 11) is 0. The Morgan fingerprint density at radius 3 is 2.84 bits per heavy atom. The molecule has 0 saturated carbocycles. The van der Waals surface area contributed by atoms with Gasteiger partial charge in [0.2, 0.25) is 0 Å². The molecule has 1 aliphatic rings. The van der Waals surface area contributed by atoms with Crippen LogP contribution in [-0.2, 0) is 0 Å². The largest absolute Gasteiger partial charge is 0.337 e. The molecule has 1 aromatic rings. The van der Waals surface area contributed by atoms with E-state index in [0.29, 0.717) is 24.2 Å². The fourth-order valence-electron chi connectivity index (χ4n) is 2.04. The molecule has 0 aliphatic carbocycles. The number of aromatic nitrogens is 3. The van der Waals surface area contributed by atoms with Crippen LogP contribution in [0.25, 0.3) is 0 Å². The molecule has 6 nitrogen and oxygen atoms in total. The van der Waals surface area contributed by atoms with Crippen molar-refractivity contribution in [3.05, 3.63) is 11.9 Å². The summed E-state index contributed by atoms with van der Waals surface area (Å²) >= 11 is 0. The highest BCUT2D eigenvalue weighted by atomic mass is 16.2. The van der Waals surface area contributed by atoms with Crippen molar-refractivity contribution in [1.82, 2.24) is 25.2 Å². The quantitative estimate of drug-likeness (QED) is 0.831. The standard InChI is InChI=1S/C13H23N5O/c1-4-10(3)8-17(5-2)13(19)12-9-18(16-15-12)11-6-14-7-11/h9-11,14H,4-8H2,1-3H3. The molecule has 1 saturated heterocycles. The number of carbonyl (C=O) groups excluding carboxylic acids is 1. The van der Waals surface area contributed by atoms with E-state index < -0.39 is 0 Å². The van der Waals surface area contributed by atoms with Crippen molar-refractivity contribution in [3.63, 3.8) is 0 Å². The van der Waals surface area contributed by atoms with Crippen LogP contribution in [0.2, 0.25) is 0 Å². The highest BCUT2D eigenvalue weighted by molar-refractivity contribution is 5.91. The van der Waals surface area contributed by atoms with Gasteiger partial charge in [-0.15, -0.1) is 5.10 Å². The van der Waals surface area contributed by atoms with Crippen molar-refractivity contribution in [2.45, 2.75) is 33.2 Å². The third-order valence-corrected chi connectivity index (χ3v) is 3.76. The topological polar surface area (TPSA) is 63.1 Å². The molecular formula is C13H23N5O. The number of rotatable bonds is 6. The monoisotopic (exact) mass is 265 g/mol. The third-order valence-electron chi connectivity index (χ3n) is 3.76. The second-order valence-electron chi connectivity index (χ2n) is 5.25. The van der Waals surface area contributed by atoms with Gasteiger partial charge in [0.05, 0.1) is 12.2 Å². The minimum Gasteiger partial charge on any atom is -0.337 e. The van der Waals surface area contributed by atoms with E-state index in [4.69, 9.17) is 0 Å². The van der Waals surface area contributed by atoms with Crippen molar-refractivity contribution < 1.29 is 4.79 Å². The van der Waals surface area contributed by atoms with Crippen LogP contribution in [-0.4, -0.2) is 52.0 Å². The first-order chi connectivity index (χ1) is 9.15. The van der Waals surface area contributed by atoms with Crippen LogP contribution in [0.3, 0.4) is 0 Å². The van der Waals surface area contributed by atoms with E-state index in [9.17, 15) is 4.79 Å². The zero-order valence-electron chi connectivity index (χ0n) is 12.0. The molecule has 2 heterocycles. The van der Waals surface area contributed by atoms with E-state index in [2.05, 4.69) is 29.5 Å². The SMILES string of the molecule is CCC(C)CN(CC)C(=O)c1cn(C2CNC2)nn1. The summed E-state index contributed by atoms with van der Waals surface area (Å²) in [6, 6.07) is 0.346. The van der Waals surface area contributed by atoms with E-state index in [1.807, 2.05) is 11.8 Å². The maximum Gasteiger partial charge on any atom is 0.276 e. The summed E-state index contributed by atoms with van der Waals surface area (Å²) in [5.74, 6) is 0.496. The molecule has 1 fully saturated rings. The summed E-state index contributed by atoms with van der Waals surface area (Å²) < 4.78 is 1.79. The zero-order valence-corrected chi connectivity index (χ0v) is 12.0. The van der Waals surface area contributed by atoms with Crippen LogP contribution in [0.5, 0.6) is 0 Å². The van der Waals surface area contributed by atoms with E-state index in [1.165, 1.54) is 0 Å². The van der Waals surface area contributed by atoms with E-state index in [-0.39, 0.29) is 5.91 Å². The molecule has 0 aromatic carbocycles. The van der Waals surface area contributed by atoms with Gasteiger partial charge in [0, 0.05) is 26.2 Å². The molecule has 1 unspecified atom stereocenters. The van der Waals surface area contributed by atoms with Gasteiger partial charge in [-0.2, -0.15) is 0 Å². The molecule has 6 heteroatoms. The van der Waals surface area contributed by atoms with Crippen molar-refractivity contribution in [1.29, 1.82) is 0 Å². The van der Waals surface area contributed by atoms with Crippen LogP contribution in [0.4, 0.5) is 0 Å². The van der Waals surface area contributed by atoms with Crippen LogP contribution in [0.15, 0.2) is 6.20 Å². The normalized spacial score (nSPS) is 17.0. The Morgan fingerprint density at radius 1 is 1.58 bits per heavy atom. The van der Waals surface area contributed by atoms with Crippen LogP contribution >= 0.6 is 0 Å². The Balaban J connectivity index is 2.02. The van der Waals surface area contributed by atoms with Gasteiger partial charge in [0.15, 0.2) is 5.69 Å². The van der Waals surface area contributed by atoms with Crippen LogP contribution in [0, 0.1) is 5.92 Å². The average Bonchev–Trinajstić information content (AvgIpc) is 2.81. The molecule has 1 amide bonds. The van der Waals surface area contributed by atoms with Crippen LogP contribution in [0.1, 0.15) is 43.7 Å². The summed E-state index contributed by atoms with van der Waals surface area (Å²) in [6.45, 7) is 9.60. The van der Waals surface area contributed by atoms with Crippen molar-refractivity contribution in [3.8, 4) is 0 Å². The van der Waals surface area contributed by atoms with Gasteiger partial charge in [0.25, 0.3) is 5.91 Å². The fourth-order valence-corrected chi connectivity index (χ4v) is 2.04. The van der Waals surface area contributed by atoms with Gasteiger partial charge in [-0.25, -0.2) is 4.68 Å². The number of hydrogen-bond donors (Lipinski definition) is 1. The van der Waals surface area contributed by atoms with E-state index in [0.717, 1.165) is 26.1 Å². The number of nitrogens with one attached hydrogen (secondary N) is 1. The summed E-state index contributed by atoms with van der Waals surface area (Å²) in [5, 5.41) is 11.3. The predicted molar refractivity (Wildman–Crippen MR) is 73.0 cm³/mol. The molecular weight excluding hydrogens is 242 g/mol. The van der Waals surface area contributed by atoms with Crippen molar-refractivity contribution >= 4 is 5.91 Å². The van der Waals surface area contributed by atoms with Gasteiger partial charge < -0.3 is 10.2 Å². The maximum atomic E-state index is 12.4. The molecule has 1 aliphatic heterocycles. The molecule has 1 N–H and O–H groups in total. The summed E-state index contributed by atoms with van der Waals surface area (Å²) in [6.07, 6.45) is 2.84. The first-order valence-electron chi connectivity index (χ1n) is 7.07. The van der Waals surface area contributed by atoms with Gasteiger partial charge >= 0.3 is 0 Å². The van der Waals surface area contributed by atoms with Gasteiger partial charge in [-0.1, -0.05) is 25.5 Å². The van der Waals surface area contributed by atoms with Gasteiger partial charge in [-0.3, -0.25) is 4.79 Å². The highest BCUT2D eigenvalue weighted by Gasteiger charge is 2.23. The molecule has 0 bridgehead atoms. The Morgan fingerprint density at radius 2 is 2.32 bits per heavy atom. The second-order valence-corrected chi connectivity index (χ2v) is 5.25. The number of hydrogen-bond acceptors (Lipinski definition) is 4. The Hall–Kier alpha value is -1.43. The zero-order chi connectivity index (χ0) is 13.8. The van der Waals surface area contributed by atoms with Gasteiger partial charge in [0.1, 0.15) is 0 Å². The number of nitrogens with zero attached hydrogens (tertiary/aromatic N) is 4. The summed E-state index contributed by atoms with van der Waals surface area (Å²) in [5.41, 5.74) is 0.456. The minimum absolute atomic E-state index is 0.0127. The Bertz CT molecular complexity index is 426. The minimum atomic E-state index is -0.0127. The lowest BCUT2D eigenvalue weighted by Gasteiger charge is -2.26.